The molecular formula is C17H15ClN2O4. The van der Waals surface area contributed by atoms with Crippen molar-refractivity contribution in [1.29, 1.82) is 0 Å². The first-order chi connectivity index (χ1) is 11.5. The minimum absolute atomic E-state index is 0.00696. The lowest BCUT2D eigenvalue weighted by Gasteiger charge is -2.18. The van der Waals surface area contributed by atoms with Gasteiger partial charge in [-0.2, -0.15) is 0 Å². The van der Waals surface area contributed by atoms with Crippen molar-refractivity contribution >= 4 is 34.8 Å². The minimum atomic E-state index is -0.313. The van der Waals surface area contributed by atoms with Crippen molar-refractivity contribution in [2.45, 2.75) is 6.92 Å². The zero-order valence-corrected chi connectivity index (χ0v) is 13.6. The number of halogens is 1. The van der Waals surface area contributed by atoms with Crippen LogP contribution in [0.2, 0.25) is 5.02 Å². The van der Waals surface area contributed by atoms with Crippen LogP contribution in [0.3, 0.4) is 0 Å². The third kappa shape index (κ3) is 3.78. The highest BCUT2D eigenvalue weighted by molar-refractivity contribution is 6.30. The molecule has 1 heterocycles. The Hall–Kier alpha value is -2.73. The standard InChI is InChI=1S/C17H15ClN2O4/c1-10-6-11(18)2-4-14(10)23-8-16(21)19-12-3-5-15-13(7-12)20-17(22)9-24-15/h2-7H,8-9H2,1H3,(H,19,21)(H,20,22). The zero-order valence-electron chi connectivity index (χ0n) is 12.9. The van der Waals surface area contributed by atoms with Gasteiger partial charge in [-0.25, -0.2) is 0 Å². The van der Waals surface area contributed by atoms with E-state index in [-0.39, 0.29) is 25.0 Å². The third-order valence-electron chi connectivity index (χ3n) is 3.39. The topological polar surface area (TPSA) is 76.7 Å². The molecule has 0 saturated carbocycles. The molecule has 0 fully saturated rings. The molecule has 2 amide bonds. The lowest BCUT2D eigenvalue weighted by molar-refractivity contribution is -0.119. The Bertz CT molecular complexity index is 807. The van der Waals surface area contributed by atoms with Gasteiger partial charge in [-0.1, -0.05) is 11.6 Å². The molecule has 7 heteroatoms. The summed E-state index contributed by atoms with van der Waals surface area (Å²) in [4.78, 5) is 23.3. The van der Waals surface area contributed by atoms with Gasteiger partial charge in [0.2, 0.25) is 0 Å². The predicted octanol–water partition coefficient (Wildman–Crippen LogP) is 3.00. The highest BCUT2D eigenvalue weighted by atomic mass is 35.5. The second kappa shape index (κ2) is 6.80. The van der Waals surface area contributed by atoms with E-state index in [1.807, 2.05) is 6.92 Å². The smallest absolute Gasteiger partial charge is 0.262 e. The summed E-state index contributed by atoms with van der Waals surface area (Å²) >= 11 is 5.88. The average molecular weight is 347 g/mol. The van der Waals surface area contributed by atoms with Gasteiger partial charge in [0, 0.05) is 10.7 Å². The van der Waals surface area contributed by atoms with E-state index in [2.05, 4.69) is 10.6 Å². The SMILES string of the molecule is Cc1cc(Cl)ccc1OCC(=O)Nc1ccc2c(c1)NC(=O)CO2. The molecule has 0 spiro atoms. The van der Waals surface area contributed by atoms with Crippen molar-refractivity contribution in [3.8, 4) is 11.5 Å². The van der Waals surface area contributed by atoms with Crippen LogP contribution in [-0.2, 0) is 9.59 Å². The fourth-order valence-electron chi connectivity index (χ4n) is 2.28. The molecule has 24 heavy (non-hydrogen) atoms. The Labute approximate surface area is 143 Å². The van der Waals surface area contributed by atoms with Gasteiger partial charge in [0.05, 0.1) is 5.69 Å². The van der Waals surface area contributed by atoms with Crippen molar-refractivity contribution in [1.82, 2.24) is 0 Å². The van der Waals surface area contributed by atoms with E-state index in [0.717, 1.165) is 5.56 Å². The molecule has 1 aliphatic heterocycles. The molecule has 0 atom stereocenters. The number of hydrogen-bond acceptors (Lipinski definition) is 4. The molecule has 0 radical (unpaired) electrons. The van der Waals surface area contributed by atoms with E-state index >= 15 is 0 Å². The summed E-state index contributed by atoms with van der Waals surface area (Å²) < 4.78 is 10.8. The van der Waals surface area contributed by atoms with Crippen LogP contribution in [0, 0.1) is 6.92 Å². The highest BCUT2D eigenvalue weighted by Crippen LogP contribution is 2.30. The van der Waals surface area contributed by atoms with E-state index in [9.17, 15) is 9.59 Å². The molecule has 6 nitrogen and oxygen atoms in total. The van der Waals surface area contributed by atoms with E-state index in [0.29, 0.717) is 27.9 Å². The maximum absolute atomic E-state index is 12.0. The van der Waals surface area contributed by atoms with Crippen molar-refractivity contribution in [2.75, 3.05) is 23.8 Å². The molecule has 2 aromatic rings. The Morgan fingerprint density at radius 2 is 2.17 bits per heavy atom. The Morgan fingerprint density at radius 3 is 2.96 bits per heavy atom. The number of rotatable bonds is 4. The largest absolute Gasteiger partial charge is 0.483 e. The lowest BCUT2D eigenvalue weighted by Crippen LogP contribution is -2.25. The number of anilines is 2. The Kier molecular flexibility index (Phi) is 4.57. The van der Waals surface area contributed by atoms with Crippen LogP contribution in [0.15, 0.2) is 36.4 Å². The maximum Gasteiger partial charge on any atom is 0.262 e. The number of carbonyl (C=O) groups is 2. The van der Waals surface area contributed by atoms with Crippen LogP contribution in [-0.4, -0.2) is 25.0 Å². The molecule has 0 aromatic heterocycles. The number of benzene rings is 2. The molecule has 3 rings (SSSR count). The number of hydrogen-bond donors (Lipinski definition) is 2. The zero-order chi connectivity index (χ0) is 17.1. The fourth-order valence-corrected chi connectivity index (χ4v) is 2.50. The van der Waals surface area contributed by atoms with Gasteiger partial charge in [0.25, 0.3) is 11.8 Å². The van der Waals surface area contributed by atoms with Gasteiger partial charge >= 0.3 is 0 Å². The normalized spacial score (nSPS) is 12.7. The Balaban J connectivity index is 1.61. The summed E-state index contributed by atoms with van der Waals surface area (Å²) in [6.07, 6.45) is 0. The van der Waals surface area contributed by atoms with E-state index < -0.39 is 0 Å². The Morgan fingerprint density at radius 1 is 1.33 bits per heavy atom. The van der Waals surface area contributed by atoms with Crippen molar-refractivity contribution < 1.29 is 19.1 Å². The summed E-state index contributed by atoms with van der Waals surface area (Å²) in [6.45, 7) is 1.71. The average Bonchev–Trinajstić information content (AvgIpc) is 2.53. The van der Waals surface area contributed by atoms with Crippen LogP contribution in [0.1, 0.15) is 5.56 Å². The second-order valence-electron chi connectivity index (χ2n) is 5.29. The molecule has 0 aliphatic carbocycles. The van der Waals surface area contributed by atoms with Crippen LogP contribution in [0.25, 0.3) is 0 Å². The number of aryl methyl sites for hydroxylation is 1. The van der Waals surface area contributed by atoms with Crippen LogP contribution >= 0.6 is 11.6 Å². The fraction of sp³-hybridized carbons (Fsp3) is 0.176. The molecule has 0 bridgehead atoms. The van der Waals surface area contributed by atoms with Crippen LogP contribution in [0.4, 0.5) is 11.4 Å². The minimum Gasteiger partial charge on any atom is -0.483 e. The van der Waals surface area contributed by atoms with Gasteiger partial charge in [-0.05, 0) is 48.9 Å². The van der Waals surface area contributed by atoms with Crippen LogP contribution in [0.5, 0.6) is 11.5 Å². The van der Waals surface area contributed by atoms with E-state index in [4.69, 9.17) is 21.1 Å². The van der Waals surface area contributed by atoms with Gasteiger partial charge in [-0.3, -0.25) is 9.59 Å². The first-order valence-corrected chi connectivity index (χ1v) is 7.64. The van der Waals surface area contributed by atoms with Crippen molar-refractivity contribution in [3.05, 3.63) is 47.0 Å². The highest BCUT2D eigenvalue weighted by Gasteiger charge is 2.16. The quantitative estimate of drug-likeness (QED) is 0.892. The molecule has 124 valence electrons. The molecule has 1 aliphatic rings. The van der Waals surface area contributed by atoms with Gasteiger partial charge < -0.3 is 20.1 Å². The van der Waals surface area contributed by atoms with Crippen molar-refractivity contribution in [2.24, 2.45) is 0 Å². The molecule has 0 saturated heterocycles. The molecule has 2 aromatic carbocycles. The first kappa shape index (κ1) is 16.1. The van der Waals surface area contributed by atoms with Gasteiger partial charge in [-0.15, -0.1) is 0 Å². The molecular weight excluding hydrogens is 332 g/mol. The number of ether oxygens (including phenoxy) is 2. The molecule has 0 unspecified atom stereocenters. The number of fused-ring (bicyclic) bond motifs is 1. The summed E-state index contributed by atoms with van der Waals surface area (Å²) in [5.74, 6) is 0.626. The predicted molar refractivity (Wildman–Crippen MR) is 90.9 cm³/mol. The van der Waals surface area contributed by atoms with E-state index in [1.165, 1.54) is 0 Å². The van der Waals surface area contributed by atoms with Gasteiger partial charge in [0.1, 0.15) is 11.5 Å². The monoisotopic (exact) mass is 346 g/mol. The third-order valence-corrected chi connectivity index (χ3v) is 3.63. The first-order valence-electron chi connectivity index (χ1n) is 7.27. The van der Waals surface area contributed by atoms with E-state index in [1.54, 1.807) is 36.4 Å². The number of amides is 2. The number of carbonyl (C=O) groups excluding carboxylic acids is 2. The lowest BCUT2D eigenvalue weighted by atomic mass is 10.2. The maximum atomic E-state index is 12.0. The summed E-state index contributed by atoms with van der Waals surface area (Å²) in [7, 11) is 0. The second-order valence-corrected chi connectivity index (χ2v) is 5.73. The summed E-state index contributed by atoms with van der Waals surface area (Å²) in [5, 5.41) is 6.01. The number of nitrogens with one attached hydrogen (secondary N) is 2. The summed E-state index contributed by atoms with van der Waals surface area (Å²) in [6, 6.07) is 10.2. The molecule has 2 N–H and O–H groups in total. The van der Waals surface area contributed by atoms with Crippen LogP contribution < -0.4 is 20.1 Å². The summed E-state index contributed by atoms with van der Waals surface area (Å²) in [5.41, 5.74) is 1.92. The van der Waals surface area contributed by atoms with Crippen molar-refractivity contribution in [3.63, 3.8) is 0 Å². The van der Waals surface area contributed by atoms with Gasteiger partial charge in [0.15, 0.2) is 13.2 Å².